The first-order valence-electron chi connectivity index (χ1n) is 6.84. The largest absolute Gasteiger partial charge is 0.481 e. The molecule has 23 heavy (non-hydrogen) atoms. The van der Waals surface area contributed by atoms with Crippen molar-refractivity contribution in [3.63, 3.8) is 0 Å². The maximum Gasteiger partial charge on any atom is 0.325 e. The number of amides is 1. The van der Waals surface area contributed by atoms with E-state index in [1.54, 1.807) is 25.1 Å². The number of nitrogens with zero attached hydrogens (tertiary/aromatic N) is 2. The summed E-state index contributed by atoms with van der Waals surface area (Å²) in [6, 6.07) is 6.64. The van der Waals surface area contributed by atoms with Gasteiger partial charge in [0.2, 0.25) is 0 Å². The molecule has 1 amide bonds. The first kappa shape index (κ1) is 16.8. The molecule has 2 aromatic rings. The Balaban J connectivity index is 1.95. The molecule has 0 saturated carbocycles. The Bertz CT molecular complexity index is 729. The van der Waals surface area contributed by atoms with E-state index in [-0.39, 0.29) is 12.4 Å². The predicted octanol–water partition coefficient (Wildman–Crippen LogP) is 2.34. The monoisotopic (exact) mass is 337 g/mol. The lowest BCUT2D eigenvalue weighted by atomic mass is 10.2. The van der Waals surface area contributed by atoms with E-state index >= 15 is 0 Å². The van der Waals surface area contributed by atoms with Gasteiger partial charge in [-0.3, -0.25) is 14.3 Å². The highest BCUT2D eigenvalue weighted by Crippen LogP contribution is 2.22. The van der Waals surface area contributed by atoms with Crippen LogP contribution in [0.3, 0.4) is 0 Å². The highest BCUT2D eigenvalue weighted by Gasteiger charge is 2.16. The van der Waals surface area contributed by atoms with Crippen molar-refractivity contribution < 1.29 is 19.4 Å². The fourth-order valence-electron chi connectivity index (χ4n) is 1.83. The maximum absolute atomic E-state index is 12.1. The van der Waals surface area contributed by atoms with E-state index in [2.05, 4.69) is 10.4 Å². The summed E-state index contributed by atoms with van der Waals surface area (Å²) in [5.74, 6) is -0.607. The number of hydrogen-bond acceptors (Lipinski definition) is 4. The molecule has 1 aromatic heterocycles. The number of aliphatic carboxylic acids is 1. The number of hydrogen-bond donors (Lipinski definition) is 2. The number of anilines is 1. The molecule has 2 N–H and O–H groups in total. The first-order chi connectivity index (χ1) is 10.8. The van der Waals surface area contributed by atoms with E-state index in [1.165, 1.54) is 16.9 Å². The molecule has 1 heterocycles. The van der Waals surface area contributed by atoms with Gasteiger partial charge in [0.25, 0.3) is 5.91 Å². The lowest BCUT2D eigenvalue weighted by Crippen LogP contribution is -2.30. The third-order valence-electron chi connectivity index (χ3n) is 3.00. The van der Waals surface area contributed by atoms with E-state index in [0.717, 1.165) is 5.56 Å². The van der Waals surface area contributed by atoms with E-state index in [4.69, 9.17) is 21.4 Å². The first-order valence-corrected chi connectivity index (χ1v) is 7.22. The summed E-state index contributed by atoms with van der Waals surface area (Å²) in [6.07, 6.45) is 0.720. The number of ether oxygens (including phenoxy) is 1. The number of aromatic nitrogens is 2. The van der Waals surface area contributed by atoms with E-state index in [0.29, 0.717) is 10.8 Å². The molecule has 1 atom stereocenters. The lowest BCUT2D eigenvalue weighted by Gasteiger charge is -2.14. The third kappa shape index (κ3) is 4.72. The average Bonchev–Trinajstić information content (AvgIpc) is 2.89. The summed E-state index contributed by atoms with van der Waals surface area (Å²) in [7, 11) is 0. The molecule has 0 aliphatic rings. The molecule has 0 aliphatic carbocycles. The van der Waals surface area contributed by atoms with Gasteiger partial charge in [0.05, 0.1) is 0 Å². The van der Waals surface area contributed by atoms with Crippen LogP contribution in [-0.2, 0) is 16.1 Å². The van der Waals surface area contributed by atoms with Crippen LogP contribution >= 0.6 is 11.6 Å². The Morgan fingerprint density at radius 3 is 2.83 bits per heavy atom. The van der Waals surface area contributed by atoms with Crippen LogP contribution in [0.25, 0.3) is 0 Å². The zero-order valence-electron chi connectivity index (χ0n) is 12.6. The second kappa shape index (κ2) is 7.15. The normalized spacial score (nSPS) is 11.8. The second-order valence-electron chi connectivity index (χ2n) is 4.95. The SMILES string of the molecule is Cc1cc(OC(C)C(=O)Nc2ccn(CC(=O)O)n2)ccc1Cl. The zero-order chi connectivity index (χ0) is 17.0. The molecular formula is C15H16ClN3O4. The van der Waals surface area contributed by atoms with Gasteiger partial charge >= 0.3 is 5.97 Å². The molecule has 7 nitrogen and oxygen atoms in total. The van der Waals surface area contributed by atoms with Crippen LogP contribution in [0.2, 0.25) is 5.02 Å². The highest BCUT2D eigenvalue weighted by atomic mass is 35.5. The van der Waals surface area contributed by atoms with Crippen LogP contribution in [0.1, 0.15) is 12.5 Å². The van der Waals surface area contributed by atoms with Crippen LogP contribution in [0.15, 0.2) is 30.5 Å². The number of carbonyl (C=O) groups is 2. The number of halogens is 1. The number of aryl methyl sites for hydroxylation is 1. The van der Waals surface area contributed by atoms with Gasteiger partial charge in [0.15, 0.2) is 11.9 Å². The van der Waals surface area contributed by atoms with Crippen molar-refractivity contribution in [2.24, 2.45) is 0 Å². The van der Waals surface area contributed by atoms with Gasteiger partial charge in [-0.05, 0) is 37.6 Å². The van der Waals surface area contributed by atoms with Gasteiger partial charge < -0.3 is 15.2 Å². The fourth-order valence-corrected chi connectivity index (χ4v) is 1.95. The quantitative estimate of drug-likeness (QED) is 0.843. The van der Waals surface area contributed by atoms with Crippen molar-refractivity contribution in [3.8, 4) is 5.75 Å². The highest BCUT2D eigenvalue weighted by molar-refractivity contribution is 6.31. The van der Waals surface area contributed by atoms with Crippen molar-refractivity contribution in [2.45, 2.75) is 26.5 Å². The fraction of sp³-hybridized carbons (Fsp3) is 0.267. The predicted molar refractivity (Wildman–Crippen MR) is 84.8 cm³/mol. The molecule has 0 saturated heterocycles. The Hall–Kier alpha value is -2.54. The van der Waals surface area contributed by atoms with Gasteiger partial charge in [-0.15, -0.1) is 0 Å². The number of carbonyl (C=O) groups excluding carboxylic acids is 1. The van der Waals surface area contributed by atoms with Crippen LogP contribution < -0.4 is 10.1 Å². The van der Waals surface area contributed by atoms with Gasteiger partial charge in [-0.1, -0.05) is 11.6 Å². The molecule has 2 rings (SSSR count). The maximum atomic E-state index is 12.1. The summed E-state index contributed by atoms with van der Waals surface area (Å²) in [6.45, 7) is 3.18. The average molecular weight is 338 g/mol. The van der Waals surface area contributed by atoms with Crippen molar-refractivity contribution >= 4 is 29.3 Å². The van der Waals surface area contributed by atoms with Gasteiger partial charge in [-0.25, -0.2) is 0 Å². The number of carboxylic acids is 1. The molecule has 0 aliphatic heterocycles. The Morgan fingerprint density at radius 1 is 1.43 bits per heavy atom. The standard InChI is InChI=1S/C15H16ClN3O4/c1-9-7-11(3-4-12(9)16)23-10(2)15(22)17-13-5-6-19(18-13)8-14(20)21/h3-7,10H,8H2,1-2H3,(H,20,21)(H,17,18,22). The van der Waals surface area contributed by atoms with Gasteiger partial charge in [-0.2, -0.15) is 5.10 Å². The molecule has 0 spiro atoms. The van der Waals surface area contributed by atoms with Crippen LogP contribution in [0.4, 0.5) is 5.82 Å². The van der Waals surface area contributed by atoms with Crippen LogP contribution in [0.5, 0.6) is 5.75 Å². The van der Waals surface area contributed by atoms with Crippen LogP contribution in [0, 0.1) is 6.92 Å². The second-order valence-corrected chi connectivity index (χ2v) is 5.36. The van der Waals surface area contributed by atoms with Crippen LogP contribution in [-0.4, -0.2) is 32.9 Å². The van der Waals surface area contributed by atoms with Gasteiger partial charge in [0.1, 0.15) is 12.3 Å². The van der Waals surface area contributed by atoms with Crippen molar-refractivity contribution in [1.29, 1.82) is 0 Å². The molecule has 1 aromatic carbocycles. The van der Waals surface area contributed by atoms with E-state index in [9.17, 15) is 9.59 Å². The summed E-state index contributed by atoms with van der Waals surface area (Å²) >= 11 is 5.94. The zero-order valence-corrected chi connectivity index (χ0v) is 13.4. The minimum atomic E-state index is -1.01. The third-order valence-corrected chi connectivity index (χ3v) is 3.42. The Labute approximate surface area is 137 Å². The molecule has 0 fully saturated rings. The molecule has 0 radical (unpaired) electrons. The number of carboxylic acid groups (broad SMARTS) is 1. The molecule has 8 heteroatoms. The number of rotatable bonds is 6. The van der Waals surface area contributed by atoms with Crippen molar-refractivity contribution in [1.82, 2.24) is 9.78 Å². The van der Waals surface area contributed by atoms with E-state index in [1.807, 2.05) is 6.92 Å². The topological polar surface area (TPSA) is 93.5 Å². The smallest absolute Gasteiger partial charge is 0.325 e. The number of benzene rings is 1. The molecular weight excluding hydrogens is 322 g/mol. The Kier molecular flexibility index (Phi) is 5.23. The minimum absolute atomic E-state index is 0.263. The number of nitrogens with one attached hydrogen (secondary N) is 1. The summed E-state index contributed by atoms with van der Waals surface area (Å²) in [4.78, 5) is 22.7. The lowest BCUT2D eigenvalue weighted by molar-refractivity contribution is -0.137. The van der Waals surface area contributed by atoms with Crippen molar-refractivity contribution in [2.75, 3.05) is 5.32 Å². The van der Waals surface area contributed by atoms with E-state index < -0.39 is 18.0 Å². The summed E-state index contributed by atoms with van der Waals surface area (Å²) in [5.41, 5.74) is 0.851. The molecule has 0 bridgehead atoms. The summed E-state index contributed by atoms with van der Waals surface area (Å²) in [5, 5.41) is 15.8. The Morgan fingerprint density at radius 2 is 2.17 bits per heavy atom. The van der Waals surface area contributed by atoms with Crippen molar-refractivity contribution in [3.05, 3.63) is 41.0 Å². The minimum Gasteiger partial charge on any atom is -0.481 e. The van der Waals surface area contributed by atoms with Gasteiger partial charge in [0, 0.05) is 17.3 Å². The molecule has 122 valence electrons. The molecule has 1 unspecified atom stereocenters. The summed E-state index contributed by atoms with van der Waals surface area (Å²) < 4.78 is 6.77.